The van der Waals surface area contributed by atoms with Gasteiger partial charge < -0.3 is 14.2 Å². The summed E-state index contributed by atoms with van der Waals surface area (Å²) >= 11 is 0. The number of ether oxygens (including phenoxy) is 3. The minimum absolute atomic E-state index is 0.262. The van der Waals surface area contributed by atoms with Gasteiger partial charge in [-0.25, -0.2) is 9.78 Å². The zero-order valence-corrected chi connectivity index (χ0v) is 16.2. The van der Waals surface area contributed by atoms with Gasteiger partial charge in [-0.15, -0.1) is 0 Å². The van der Waals surface area contributed by atoms with Crippen LogP contribution in [0.4, 0.5) is 10.6 Å². The van der Waals surface area contributed by atoms with E-state index in [9.17, 15) is 4.79 Å². The second kappa shape index (κ2) is 8.08. The lowest BCUT2D eigenvalue weighted by Gasteiger charge is -2.27. The number of aromatic nitrogens is 1. The monoisotopic (exact) mass is 358 g/mol. The van der Waals surface area contributed by atoms with Gasteiger partial charge in [0, 0.05) is 17.8 Å². The number of carbonyl (C=O) groups excluding carboxylic acids is 1. The second-order valence-electron chi connectivity index (χ2n) is 6.94. The molecule has 0 saturated carbocycles. The van der Waals surface area contributed by atoms with Crippen molar-refractivity contribution in [3.05, 3.63) is 47.7 Å². The van der Waals surface area contributed by atoms with Crippen LogP contribution in [-0.4, -0.2) is 30.9 Å². The van der Waals surface area contributed by atoms with Crippen LogP contribution >= 0.6 is 0 Å². The molecule has 0 aliphatic heterocycles. The molecular weight excluding hydrogens is 332 g/mol. The number of amides is 1. The molecule has 2 rings (SSSR count). The Labute approximate surface area is 154 Å². The van der Waals surface area contributed by atoms with Crippen LogP contribution in [-0.2, 0) is 11.3 Å². The van der Waals surface area contributed by atoms with Crippen molar-refractivity contribution in [1.82, 2.24) is 4.98 Å². The van der Waals surface area contributed by atoms with Crippen LogP contribution < -0.4 is 14.4 Å². The van der Waals surface area contributed by atoms with Gasteiger partial charge >= 0.3 is 6.09 Å². The van der Waals surface area contributed by atoms with Gasteiger partial charge in [-0.1, -0.05) is 0 Å². The Kier molecular flexibility index (Phi) is 6.08. The molecule has 0 aliphatic carbocycles. The zero-order chi connectivity index (χ0) is 19.3. The first kappa shape index (κ1) is 19.6. The Morgan fingerprint density at radius 3 is 2.42 bits per heavy atom. The predicted molar refractivity (Wildman–Crippen MR) is 101 cm³/mol. The van der Waals surface area contributed by atoms with Gasteiger partial charge in [0.25, 0.3) is 0 Å². The highest BCUT2D eigenvalue weighted by molar-refractivity contribution is 5.86. The minimum atomic E-state index is -0.608. The molecular formula is C20H26N2O4. The number of benzene rings is 1. The lowest BCUT2D eigenvalue weighted by atomic mass is 10.1. The lowest BCUT2D eigenvalue weighted by Crippen LogP contribution is -2.37. The van der Waals surface area contributed by atoms with Crippen LogP contribution in [0.2, 0.25) is 0 Å². The number of carbonyl (C=O) groups is 1. The SMILES string of the molecule is COc1ccc(CN(C(=O)OC(C)(C)C)c2cc(C)ccn2)c(OC)c1. The third-order valence-corrected chi connectivity index (χ3v) is 3.61. The maximum absolute atomic E-state index is 12.8. The van der Waals surface area contributed by atoms with Crippen molar-refractivity contribution in [3.63, 3.8) is 0 Å². The number of aryl methyl sites for hydroxylation is 1. The summed E-state index contributed by atoms with van der Waals surface area (Å²) in [6.45, 7) is 7.72. The predicted octanol–water partition coefficient (Wildman–Crippen LogP) is 4.35. The zero-order valence-electron chi connectivity index (χ0n) is 16.2. The Morgan fingerprint density at radius 1 is 1.12 bits per heavy atom. The highest BCUT2D eigenvalue weighted by atomic mass is 16.6. The highest BCUT2D eigenvalue weighted by Crippen LogP contribution is 2.28. The van der Waals surface area contributed by atoms with Gasteiger partial charge in [0.15, 0.2) is 0 Å². The van der Waals surface area contributed by atoms with Crippen molar-refractivity contribution < 1.29 is 19.0 Å². The smallest absolute Gasteiger partial charge is 0.416 e. The molecule has 1 heterocycles. The van der Waals surface area contributed by atoms with E-state index < -0.39 is 11.7 Å². The first-order chi connectivity index (χ1) is 12.2. The Balaban J connectivity index is 2.40. The largest absolute Gasteiger partial charge is 0.497 e. The summed E-state index contributed by atoms with van der Waals surface area (Å²) in [5, 5.41) is 0. The van der Waals surface area contributed by atoms with Gasteiger partial charge in [-0.2, -0.15) is 0 Å². The van der Waals surface area contributed by atoms with Crippen molar-refractivity contribution in [2.75, 3.05) is 19.1 Å². The quantitative estimate of drug-likeness (QED) is 0.795. The summed E-state index contributed by atoms with van der Waals surface area (Å²) in [6, 6.07) is 9.20. The van der Waals surface area contributed by atoms with Crippen molar-refractivity contribution >= 4 is 11.9 Å². The number of nitrogens with zero attached hydrogens (tertiary/aromatic N) is 2. The number of hydrogen-bond acceptors (Lipinski definition) is 5. The van der Waals surface area contributed by atoms with Crippen molar-refractivity contribution in [2.45, 2.75) is 39.8 Å². The van der Waals surface area contributed by atoms with E-state index in [2.05, 4.69) is 4.98 Å². The number of methoxy groups -OCH3 is 2. The van der Waals surface area contributed by atoms with Gasteiger partial charge in [0.05, 0.1) is 20.8 Å². The van der Waals surface area contributed by atoms with Gasteiger partial charge in [0.2, 0.25) is 0 Å². The van der Waals surface area contributed by atoms with Gasteiger partial charge in [-0.05, 0) is 57.5 Å². The fourth-order valence-electron chi connectivity index (χ4n) is 2.38. The molecule has 0 aliphatic rings. The summed E-state index contributed by atoms with van der Waals surface area (Å²) in [7, 11) is 3.18. The molecule has 0 radical (unpaired) electrons. The minimum Gasteiger partial charge on any atom is -0.497 e. The van der Waals surface area contributed by atoms with E-state index in [0.29, 0.717) is 17.3 Å². The van der Waals surface area contributed by atoms with E-state index in [0.717, 1.165) is 11.1 Å². The molecule has 26 heavy (non-hydrogen) atoms. The number of rotatable bonds is 5. The summed E-state index contributed by atoms with van der Waals surface area (Å²) in [6.07, 6.45) is 1.21. The van der Waals surface area contributed by atoms with Crippen LogP contribution in [0.3, 0.4) is 0 Å². The number of hydrogen-bond donors (Lipinski definition) is 0. The summed E-state index contributed by atoms with van der Waals surface area (Å²) < 4.78 is 16.2. The van der Waals surface area contributed by atoms with Crippen LogP contribution in [0, 0.1) is 6.92 Å². The van der Waals surface area contributed by atoms with Gasteiger partial charge in [0.1, 0.15) is 22.9 Å². The molecule has 0 spiro atoms. The fourth-order valence-corrected chi connectivity index (χ4v) is 2.38. The summed E-state index contributed by atoms with van der Waals surface area (Å²) in [5.41, 5.74) is 1.22. The average Bonchev–Trinajstić information content (AvgIpc) is 2.58. The number of anilines is 1. The van der Waals surface area contributed by atoms with E-state index in [-0.39, 0.29) is 6.54 Å². The molecule has 0 unspecified atom stereocenters. The molecule has 2 aromatic rings. The van der Waals surface area contributed by atoms with E-state index in [1.807, 2.05) is 52.0 Å². The molecule has 0 bridgehead atoms. The van der Waals surface area contributed by atoms with Crippen molar-refractivity contribution in [3.8, 4) is 11.5 Å². The molecule has 0 fully saturated rings. The van der Waals surface area contributed by atoms with Crippen LogP contribution in [0.5, 0.6) is 11.5 Å². The molecule has 0 atom stereocenters. The maximum Gasteiger partial charge on any atom is 0.416 e. The van der Waals surface area contributed by atoms with Crippen LogP contribution in [0.15, 0.2) is 36.5 Å². The Bertz CT molecular complexity index is 769. The van der Waals surface area contributed by atoms with E-state index in [4.69, 9.17) is 14.2 Å². The Morgan fingerprint density at radius 2 is 1.85 bits per heavy atom. The average molecular weight is 358 g/mol. The molecule has 0 N–H and O–H groups in total. The third-order valence-electron chi connectivity index (χ3n) is 3.61. The third kappa shape index (κ3) is 5.12. The molecule has 1 amide bonds. The van der Waals surface area contributed by atoms with E-state index in [1.165, 1.54) is 4.90 Å². The first-order valence-electron chi connectivity index (χ1n) is 8.37. The van der Waals surface area contributed by atoms with Crippen LogP contribution in [0.1, 0.15) is 31.9 Å². The molecule has 140 valence electrons. The van der Waals surface area contributed by atoms with Gasteiger partial charge in [-0.3, -0.25) is 4.90 Å². The molecule has 1 aromatic carbocycles. The second-order valence-corrected chi connectivity index (χ2v) is 6.94. The molecule has 6 heteroatoms. The van der Waals surface area contributed by atoms with Crippen molar-refractivity contribution in [2.24, 2.45) is 0 Å². The standard InChI is InChI=1S/C20H26N2O4/c1-14-9-10-21-18(11-14)22(19(23)26-20(2,3)4)13-15-7-8-16(24-5)12-17(15)25-6/h7-12H,13H2,1-6H3. The number of pyridine rings is 1. The topological polar surface area (TPSA) is 60.9 Å². The fraction of sp³-hybridized carbons (Fsp3) is 0.400. The maximum atomic E-state index is 12.8. The Hall–Kier alpha value is -2.76. The van der Waals surface area contributed by atoms with E-state index in [1.54, 1.807) is 26.5 Å². The lowest BCUT2D eigenvalue weighted by molar-refractivity contribution is 0.0576. The first-order valence-corrected chi connectivity index (χ1v) is 8.37. The summed E-state index contributed by atoms with van der Waals surface area (Å²) in [4.78, 5) is 18.6. The van der Waals surface area contributed by atoms with Crippen molar-refractivity contribution in [1.29, 1.82) is 0 Å². The highest BCUT2D eigenvalue weighted by Gasteiger charge is 2.25. The molecule has 0 saturated heterocycles. The normalized spacial score (nSPS) is 11.0. The van der Waals surface area contributed by atoms with E-state index >= 15 is 0 Å². The molecule has 1 aromatic heterocycles. The molecule has 6 nitrogen and oxygen atoms in total. The van der Waals surface area contributed by atoms with Crippen LogP contribution in [0.25, 0.3) is 0 Å². The summed E-state index contributed by atoms with van der Waals surface area (Å²) in [5.74, 6) is 1.84.